The van der Waals surface area contributed by atoms with Gasteiger partial charge in [-0.25, -0.2) is 0 Å². The Labute approximate surface area is 155 Å². The molecule has 0 aromatic heterocycles. The van der Waals surface area contributed by atoms with Crippen molar-refractivity contribution in [3.05, 3.63) is 23.8 Å². The maximum atomic E-state index is 11.2. The number of methoxy groups -OCH3 is 1. The van der Waals surface area contributed by atoms with Crippen LogP contribution in [0.3, 0.4) is 0 Å². The van der Waals surface area contributed by atoms with Gasteiger partial charge in [0.2, 0.25) is 0 Å². The van der Waals surface area contributed by atoms with E-state index in [1.54, 1.807) is 7.11 Å². The highest BCUT2D eigenvalue weighted by Crippen LogP contribution is 2.46. The van der Waals surface area contributed by atoms with Crippen LogP contribution in [-0.2, 0) is 4.79 Å². The molecule has 1 saturated heterocycles. The second-order valence-corrected chi connectivity index (χ2v) is 6.07. The first-order valence-corrected chi connectivity index (χ1v) is 8.00. The smallest absolute Gasteiger partial charge is 0.308 e. The first-order chi connectivity index (χ1) is 10.7. The van der Waals surface area contributed by atoms with Crippen molar-refractivity contribution in [2.45, 2.75) is 25.8 Å². The summed E-state index contributed by atoms with van der Waals surface area (Å²) in [5.74, 6) is 1.54. The fourth-order valence-corrected chi connectivity index (χ4v) is 3.26. The highest BCUT2D eigenvalue weighted by Gasteiger charge is 2.37. The van der Waals surface area contributed by atoms with Crippen LogP contribution in [-0.4, -0.2) is 44.2 Å². The van der Waals surface area contributed by atoms with Gasteiger partial charge in [-0.15, -0.1) is 24.8 Å². The van der Waals surface area contributed by atoms with Gasteiger partial charge in [0.15, 0.2) is 11.5 Å². The molecule has 0 unspecified atom stereocenters. The number of ether oxygens (including phenoxy) is 2. The van der Waals surface area contributed by atoms with Crippen molar-refractivity contribution in [3.63, 3.8) is 0 Å². The average Bonchev–Trinajstić information content (AvgIpc) is 3.34. The maximum Gasteiger partial charge on any atom is 0.308 e. The fraction of sp³-hybridized carbons (Fsp3) is 0.588. The van der Waals surface area contributed by atoms with Crippen molar-refractivity contribution in [3.8, 4) is 11.5 Å². The van der Waals surface area contributed by atoms with Crippen LogP contribution in [0.25, 0.3) is 0 Å². The van der Waals surface area contributed by atoms with E-state index < -0.39 is 0 Å². The van der Waals surface area contributed by atoms with Gasteiger partial charge in [0.25, 0.3) is 0 Å². The topological polar surface area (TPSA) is 50.8 Å². The molecule has 1 N–H and O–H groups in total. The van der Waals surface area contributed by atoms with Gasteiger partial charge in [-0.05, 0) is 36.5 Å². The van der Waals surface area contributed by atoms with E-state index in [0.717, 1.165) is 32.1 Å². The molecule has 1 heterocycles. The Kier molecular flexibility index (Phi) is 8.30. The van der Waals surface area contributed by atoms with Crippen molar-refractivity contribution in [1.82, 2.24) is 10.2 Å². The van der Waals surface area contributed by atoms with Crippen LogP contribution in [0.2, 0.25) is 0 Å². The van der Waals surface area contributed by atoms with Crippen molar-refractivity contribution < 1.29 is 14.3 Å². The normalized spacial score (nSPS) is 18.8. The number of carbonyl (C=O) groups excluding carboxylic acids is 1. The molecular formula is C17H26Cl2N2O3. The maximum absolute atomic E-state index is 11.2. The summed E-state index contributed by atoms with van der Waals surface area (Å²) in [7, 11) is 1.61. The van der Waals surface area contributed by atoms with Gasteiger partial charge in [0.1, 0.15) is 0 Å². The number of nitrogens with zero attached hydrogens (tertiary/aromatic N) is 1. The SMILES string of the molecule is COc1cc([C@H](C2CC2)N2CCNCC2)ccc1OC(C)=O.Cl.Cl. The molecule has 0 radical (unpaired) electrons. The number of hydrogen-bond donors (Lipinski definition) is 1. The molecule has 1 atom stereocenters. The third-order valence-electron chi connectivity index (χ3n) is 4.40. The number of esters is 1. The van der Waals surface area contributed by atoms with Crippen molar-refractivity contribution in [1.29, 1.82) is 0 Å². The largest absolute Gasteiger partial charge is 0.493 e. The number of nitrogens with one attached hydrogen (secondary N) is 1. The van der Waals surface area contributed by atoms with Crippen molar-refractivity contribution in [2.75, 3.05) is 33.3 Å². The van der Waals surface area contributed by atoms with Crippen LogP contribution in [0, 0.1) is 5.92 Å². The van der Waals surface area contributed by atoms with E-state index in [0.29, 0.717) is 17.5 Å². The van der Waals surface area contributed by atoms with Crippen LogP contribution in [0.1, 0.15) is 31.4 Å². The second-order valence-electron chi connectivity index (χ2n) is 6.07. The van der Waals surface area contributed by atoms with Crippen LogP contribution in [0.5, 0.6) is 11.5 Å². The monoisotopic (exact) mass is 376 g/mol. The zero-order valence-electron chi connectivity index (χ0n) is 14.1. The Morgan fingerprint density at radius 2 is 1.88 bits per heavy atom. The van der Waals surface area contributed by atoms with Gasteiger partial charge in [-0.1, -0.05) is 6.07 Å². The predicted molar refractivity (Wildman–Crippen MR) is 98.7 cm³/mol. The lowest BCUT2D eigenvalue weighted by Crippen LogP contribution is -2.45. The van der Waals surface area contributed by atoms with Crippen LogP contribution >= 0.6 is 24.8 Å². The molecule has 0 amide bonds. The van der Waals surface area contributed by atoms with Gasteiger partial charge >= 0.3 is 5.97 Å². The molecular weight excluding hydrogens is 351 g/mol. The summed E-state index contributed by atoms with van der Waals surface area (Å²) in [6.45, 7) is 5.66. The van der Waals surface area contributed by atoms with Crippen LogP contribution < -0.4 is 14.8 Å². The highest BCUT2D eigenvalue weighted by molar-refractivity contribution is 5.85. The summed E-state index contributed by atoms with van der Waals surface area (Å²) in [5, 5.41) is 3.41. The fourth-order valence-electron chi connectivity index (χ4n) is 3.26. The Hall–Kier alpha value is -1.01. The Morgan fingerprint density at radius 1 is 1.21 bits per heavy atom. The number of halogens is 2. The summed E-state index contributed by atoms with van der Waals surface area (Å²) in [6.07, 6.45) is 2.59. The Bertz CT molecular complexity index is 547. The lowest BCUT2D eigenvalue weighted by Gasteiger charge is -2.35. The molecule has 7 heteroatoms. The van der Waals surface area contributed by atoms with Crippen LogP contribution in [0.15, 0.2) is 18.2 Å². The number of rotatable bonds is 5. The van der Waals surface area contributed by atoms with Gasteiger partial charge in [0.05, 0.1) is 7.11 Å². The van der Waals surface area contributed by atoms with Crippen molar-refractivity contribution >= 4 is 30.8 Å². The summed E-state index contributed by atoms with van der Waals surface area (Å²) in [4.78, 5) is 13.7. The lowest BCUT2D eigenvalue weighted by atomic mass is 9.99. The molecule has 2 fully saturated rings. The molecule has 1 aliphatic heterocycles. The van der Waals surface area contributed by atoms with E-state index in [9.17, 15) is 4.79 Å². The molecule has 1 aromatic rings. The van der Waals surface area contributed by atoms with Crippen LogP contribution in [0.4, 0.5) is 0 Å². The molecule has 0 bridgehead atoms. The number of carbonyl (C=O) groups is 1. The third kappa shape index (κ3) is 4.99. The van der Waals surface area contributed by atoms with E-state index in [2.05, 4.69) is 16.3 Å². The molecule has 1 aliphatic carbocycles. The van der Waals surface area contributed by atoms with Gasteiger partial charge in [0, 0.05) is 39.1 Å². The number of piperazine rings is 1. The molecule has 136 valence electrons. The summed E-state index contributed by atoms with van der Waals surface area (Å²) < 4.78 is 10.6. The summed E-state index contributed by atoms with van der Waals surface area (Å²) >= 11 is 0. The molecule has 5 nitrogen and oxygen atoms in total. The highest BCUT2D eigenvalue weighted by atomic mass is 35.5. The van der Waals surface area contributed by atoms with E-state index in [-0.39, 0.29) is 30.8 Å². The van der Waals surface area contributed by atoms with Gasteiger partial charge in [-0.3, -0.25) is 9.69 Å². The standard InChI is InChI=1S/C17H24N2O3.2ClH/c1-12(20)22-15-6-5-14(11-16(15)21-2)17(13-3-4-13)19-9-7-18-8-10-19;;/h5-6,11,13,17-18H,3-4,7-10H2,1-2H3;2*1H/t17-;;/m0../s1. The van der Waals surface area contributed by atoms with E-state index in [1.807, 2.05) is 12.1 Å². The third-order valence-corrected chi connectivity index (χ3v) is 4.40. The molecule has 3 rings (SSSR count). The van der Waals surface area contributed by atoms with Crippen molar-refractivity contribution in [2.24, 2.45) is 5.92 Å². The first-order valence-electron chi connectivity index (χ1n) is 8.00. The summed E-state index contributed by atoms with van der Waals surface area (Å²) in [5.41, 5.74) is 1.26. The minimum absolute atomic E-state index is 0. The minimum Gasteiger partial charge on any atom is -0.493 e. The molecule has 0 spiro atoms. The average molecular weight is 377 g/mol. The molecule has 24 heavy (non-hydrogen) atoms. The minimum atomic E-state index is -0.327. The zero-order chi connectivity index (χ0) is 15.5. The van der Waals surface area contributed by atoms with E-state index in [1.165, 1.54) is 25.3 Å². The van der Waals surface area contributed by atoms with Gasteiger partial charge < -0.3 is 14.8 Å². The lowest BCUT2D eigenvalue weighted by molar-refractivity contribution is -0.132. The molecule has 2 aliphatic rings. The second kappa shape index (κ2) is 9.47. The quantitative estimate of drug-likeness (QED) is 0.632. The van der Waals surface area contributed by atoms with E-state index in [4.69, 9.17) is 9.47 Å². The summed E-state index contributed by atoms with van der Waals surface area (Å²) in [6, 6.07) is 6.41. The Balaban J connectivity index is 0.00000144. The van der Waals surface area contributed by atoms with E-state index >= 15 is 0 Å². The predicted octanol–water partition coefficient (Wildman–Crippen LogP) is 2.82. The number of hydrogen-bond acceptors (Lipinski definition) is 5. The zero-order valence-corrected chi connectivity index (χ0v) is 15.8. The number of benzene rings is 1. The molecule has 1 saturated carbocycles. The van der Waals surface area contributed by atoms with Gasteiger partial charge in [-0.2, -0.15) is 0 Å². The Morgan fingerprint density at radius 3 is 2.42 bits per heavy atom. The molecule has 1 aromatic carbocycles. The first kappa shape index (κ1) is 21.0.